The molecule has 3 amide bonds. The summed E-state index contributed by atoms with van der Waals surface area (Å²) >= 11 is 0. The van der Waals surface area contributed by atoms with Crippen LogP contribution in [0.3, 0.4) is 0 Å². The number of likely N-dealkylation sites (tertiary alicyclic amines) is 1. The zero-order valence-electron chi connectivity index (χ0n) is 17.2. The highest BCUT2D eigenvalue weighted by atomic mass is 32.2. The van der Waals surface area contributed by atoms with Crippen LogP contribution in [0.4, 0.5) is 10.5 Å². The minimum atomic E-state index is -3.78. The molecular weight excluding hydrogens is 402 g/mol. The Morgan fingerprint density at radius 3 is 2.07 bits per heavy atom. The van der Waals surface area contributed by atoms with Gasteiger partial charge in [0.05, 0.1) is 5.25 Å². The van der Waals surface area contributed by atoms with Crippen LogP contribution in [-0.4, -0.2) is 43.6 Å². The van der Waals surface area contributed by atoms with Crippen LogP contribution >= 0.6 is 0 Å². The number of hydrogen-bond acceptors (Lipinski definition) is 4. The first-order valence-corrected chi connectivity index (χ1v) is 12.7. The summed E-state index contributed by atoms with van der Waals surface area (Å²) in [6, 6.07) is 1.61. The lowest BCUT2D eigenvalue weighted by Crippen LogP contribution is -2.47. The number of nitrogens with zero attached hydrogens (tertiary/aromatic N) is 1. The van der Waals surface area contributed by atoms with E-state index in [2.05, 4.69) is 16.1 Å². The number of benzene rings is 1. The summed E-state index contributed by atoms with van der Waals surface area (Å²) in [4.78, 5) is 26.6. The van der Waals surface area contributed by atoms with Gasteiger partial charge in [-0.2, -0.15) is 0 Å². The van der Waals surface area contributed by atoms with Crippen molar-refractivity contribution in [2.24, 2.45) is 5.92 Å². The van der Waals surface area contributed by atoms with E-state index in [0.29, 0.717) is 25.9 Å². The first-order chi connectivity index (χ1) is 14.4. The lowest BCUT2D eigenvalue weighted by molar-refractivity contribution is -0.133. The van der Waals surface area contributed by atoms with E-state index in [1.54, 1.807) is 4.90 Å². The summed E-state index contributed by atoms with van der Waals surface area (Å²) in [5.74, 6) is 0.305. The van der Waals surface area contributed by atoms with Crippen molar-refractivity contribution < 1.29 is 18.0 Å². The number of anilines is 1. The van der Waals surface area contributed by atoms with Crippen LogP contribution in [0.25, 0.3) is 0 Å². The van der Waals surface area contributed by atoms with Crippen LogP contribution in [0.2, 0.25) is 0 Å². The summed E-state index contributed by atoms with van der Waals surface area (Å²) in [5, 5.41) is 2.25. The van der Waals surface area contributed by atoms with Crippen molar-refractivity contribution in [3.63, 3.8) is 0 Å². The Balaban J connectivity index is 1.24. The highest BCUT2D eigenvalue weighted by molar-refractivity contribution is 7.90. The minimum Gasteiger partial charge on any atom is -0.342 e. The van der Waals surface area contributed by atoms with Gasteiger partial charge in [-0.05, 0) is 86.5 Å². The smallest absolute Gasteiger partial charge is 0.332 e. The number of carbonyl (C=O) groups is 2. The molecule has 5 rings (SSSR count). The van der Waals surface area contributed by atoms with Gasteiger partial charge in [-0.15, -0.1) is 0 Å². The van der Waals surface area contributed by atoms with E-state index in [9.17, 15) is 18.0 Å². The summed E-state index contributed by atoms with van der Waals surface area (Å²) in [5.41, 5.74) is 5.78. The molecule has 8 heteroatoms. The molecule has 1 aromatic rings. The van der Waals surface area contributed by atoms with Crippen LogP contribution in [0, 0.1) is 5.92 Å². The van der Waals surface area contributed by atoms with E-state index < -0.39 is 21.3 Å². The van der Waals surface area contributed by atoms with E-state index in [1.807, 2.05) is 0 Å². The van der Waals surface area contributed by atoms with Gasteiger partial charge >= 0.3 is 6.03 Å². The monoisotopic (exact) mass is 431 g/mol. The summed E-state index contributed by atoms with van der Waals surface area (Å²) in [6.07, 6.45) is 8.70. The standard InChI is InChI=1S/C22H29N3O4S/c26-21(14-7-8-14)25-11-9-17(10-12-25)30(28,29)24-22(27)23-20-18-5-1-3-15(18)13-16-4-2-6-19(16)20/h13-14,17H,1-12H2,(H2,23,24,27). The second kappa shape index (κ2) is 7.55. The lowest BCUT2D eigenvalue weighted by Gasteiger charge is -2.31. The molecule has 30 heavy (non-hydrogen) atoms. The lowest BCUT2D eigenvalue weighted by atomic mass is 9.99. The molecule has 1 aliphatic heterocycles. The molecule has 1 aromatic carbocycles. The minimum absolute atomic E-state index is 0.149. The number of fused-ring (bicyclic) bond motifs is 2. The van der Waals surface area contributed by atoms with Crippen LogP contribution in [0.15, 0.2) is 6.07 Å². The number of sulfonamides is 1. The average molecular weight is 432 g/mol. The topological polar surface area (TPSA) is 95.6 Å². The van der Waals surface area contributed by atoms with Crippen LogP contribution < -0.4 is 10.0 Å². The number of urea groups is 1. The van der Waals surface area contributed by atoms with E-state index in [1.165, 1.54) is 22.3 Å². The highest BCUT2D eigenvalue weighted by Crippen LogP contribution is 2.38. The van der Waals surface area contributed by atoms with E-state index in [0.717, 1.165) is 57.1 Å². The van der Waals surface area contributed by atoms with Gasteiger partial charge in [0, 0.05) is 24.7 Å². The maximum atomic E-state index is 12.8. The molecule has 1 saturated carbocycles. The van der Waals surface area contributed by atoms with Crippen LogP contribution in [0.1, 0.15) is 60.8 Å². The Morgan fingerprint density at radius 2 is 1.50 bits per heavy atom. The maximum absolute atomic E-state index is 12.8. The third-order valence-electron chi connectivity index (χ3n) is 7.07. The predicted molar refractivity (Wildman–Crippen MR) is 114 cm³/mol. The van der Waals surface area contributed by atoms with E-state index in [4.69, 9.17) is 0 Å². The largest absolute Gasteiger partial charge is 0.342 e. The molecule has 1 heterocycles. The molecule has 0 unspecified atom stereocenters. The van der Waals surface area contributed by atoms with E-state index in [-0.39, 0.29) is 11.8 Å². The fourth-order valence-electron chi connectivity index (χ4n) is 5.29. The fraction of sp³-hybridized carbons (Fsp3) is 0.636. The van der Waals surface area contributed by atoms with Crippen molar-refractivity contribution in [3.05, 3.63) is 28.3 Å². The molecule has 1 saturated heterocycles. The molecule has 0 spiro atoms. The maximum Gasteiger partial charge on any atom is 0.332 e. The summed E-state index contributed by atoms with van der Waals surface area (Å²) < 4.78 is 27.9. The zero-order chi connectivity index (χ0) is 20.9. The van der Waals surface area contributed by atoms with E-state index >= 15 is 0 Å². The highest BCUT2D eigenvalue weighted by Gasteiger charge is 2.38. The molecule has 3 aliphatic carbocycles. The van der Waals surface area contributed by atoms with Crippen molar-refractivity contribution in [2.45, 2.75) is 69.5 Å². The summed E-state index contributed by atoms with van der Waals surface area (Å²) in [7, 11) is -3.78. The molecule has 0 radical (unpaired) electrons. The Bertz CT molecular complexity index is 960. The van der Waals surface area contributed by atoms with Crippen molar-refractivity contribution in [2.75, 3.05) is 18.4 Å². The van der Waals surface area contributed by atoms with Crippen molar-refractivity contribution in [1.29, 1.82) is 0 Å². The van der Waals surface area contributed by atoms with Gasteiger partial charge in [0.1, 0.15) is 0 Å². The first kappa shape index (κ1) is 19.8. The van der Waals surface area contributed by atoms with Gasteiger partial charge in [-0.25, -0.2) is 17.9 Å². The number of carbonyl (C=O) groups excluding carboxylic acids is 2. The van der Waals surface area contributed by atoms with Gasteiger partial charge in [0.25, 0.3) is 0 Å². The molecule has 7 nitrogen and oxygen atoms in total. The van der Waals surface area contributed by atoms with Crippen LogP contribution in [0.5, 0.6) is 0 Å². The van der Waals surface area contributed by atoms with Gasteiger partial charge in [0.15, 0.2) is 0 Å². The predicted octanol–water partition coefficient (Wildman–Crippen LogP) is 2.52. The molecule has 0 atom stereocenters. The number of aryl methyl sites for hydroxylation is 2. The zero-order valence-corrected chi connectivity index (χ0v) is 18.0. The number of piperidine rings is 1. The molecule has 0 bridgehead atoms. The van der Waals surface area contributed by atoms with Crippen molar-refractivity contribution in [3.8, 4) is 0 Å². The van der Waals surface area contributed by atoms with Gasteiger partial charge < -0.3 is 10.2 Å². The number of hydrogen-bond donors (Lipinski definition) is 2. The third-order valence-corrected chi connectivity index (χ3v) is 8.88. The van der Waals surface area contributed by atoms with Crippen molar-refractivity contribution in [1.82, 2.24) is 9.62 Å². The molecule has 4 aliphatic rings. The van der Waals surface area contributed by atoms with Crippen LogP contribution in [-0.2, 0) is 40.5 Å². The Hall–Kier alpha value is -2.09. The summed E-state index contributed by atoms with van der Waals surface area (Å²) in [6.45, 7) is 0.893. The SMILES string of the molecule is O=C(Nc1c2c(cc3c1CCC3)CCC2)NS(=O)(=O)C1CCN(C(=O)C2CC2)CC1. The Morgan fingerprint density at radius 1 is 0.900 bits per heavy atom. The van der Waals surface area contributed by atoms with Crippen molar-refractivity contribution >= 4 is 27.6 Å². The molecular formula is C22H29N3O4S. The Kier molecular flexibility index (Phi) is 5.00. The Labute approximate surface area is 177 Å². The number of rotatable bonds is 4. The van der Waals surface area contributed by atoms with Gasteiger partial charge in [0.2, 0.25) is 15.9 Å². The quantitative estimate of drug-likeness (QED) is 0.766. The molecule has 2 N–H and O–H groups in total. The molecule has 0 aromatic heterocycles. The number of amides is 3. The second-order valence-electron chi connectivity index (χ2n) is 9.13. The van der Waals surface area contributed by atoms with Gasteiger partial charge in [-0.3, -0.25) is 4.79 Å². The fourth-order valence-corrected chi connectivity index (χ4v) is 6.60. The van der Waals surface area contributed by atoms with Gasteiger partial charge in [-0.1, -0.05) is 6.07 Å². The molecule has 162 valence electrons. The average Bonchev–Trinajstić information content (AvgIpc) is 3.27. The third kappa shape index (κ3) is 3.70. The first-order valence-electron chi connectivity index (χ1n) is 11.2. The molecule has 2 fully saturated rings. The normalized spacial score (nSPS) is 21.3. The second-order valence-corrected chi connectivity index (χ2v) is 11.1. The number of nitrogens with one attached hydrogen (secondary N) is 2.